The molecule has 1 unspecified atom stereocenters. The zero-order valence-electron chi connectivity index (χ0n) is 11.8. The van der Waals surface area contributed by atoms with Crippen LogP contribution in [0, 0.1) is 0 Å². The predicted molar refractivity (Wildman–Crippen MR) is 84.9 cm³/mol. The molecule has 1 aromatic rings. The van der Waals surface area contributed by atoms with Crippen molar-refractivity contribution in [3.8, 4) is 0 Å². The minimum Gasteiger partial charge on any atom is -0.389 e. The van der Waals surface area contributed by atoms with Gasteiger partial charge in [0, 0.05) is 23.7 Å². The Morgan fingerprint density at radius 1 is 1.50 bits per heavy atom. The second kappa shape index (κ2) is 6.81. The summed E-state index contributed by atoms with van der Waals surface area (Å²) in [7, 11) is 0. The Labute approximate surface area is 125 Å². The molecule has 0 spiro atoms. The van der Waals surface area contributed by atoms with Gasteiger partial charge in [0.1, 0.15) is 4.99 Å². The van der Waals surface area contributed by atoms with Gasteiger partial charge in [-0.05, 0) is 38.1 Å². The molecule has 0 saturated carbocycles. The molecule has 2 rings (SSSR count). The molecule has 3 N–H and O–H groups in total. The molecule has 108 valence electrons. The largest absolute Gasteiger partial charge is 0.389 e. The number of carbonyl (C=O) groups is 1. The summed E-state index contributed by atoms with van der Waals surface area (Å²) in [4.78, 5) is 14.9. The summed E-state index contributed by atoms with van der Waals surface area (Å²) in [6.07, 6.45) is 2.37. The van der Waals surface area contributed by atoms with Crippen molar-refractivity contribution in [3.63, 3.8) is 0 Å². The van der Waals surface area contributed by atoms with Gasteiger partial charge in [0.2, 0.25) is 0 Å². The first-order valence-corrected chi connectivity index (χ1v) is 7.44. The summed E-state index contributed by atoms with van der Waals surface area (Å²) >= 11 is 4.93. The molecule has 1 atom stereocenters. The molecule has 0 aromatic heterocycles. The highest BCUT2D eigenvalue weighted by Gasteiger charge is 2.23. The van der Waals surface area contributed by atoms with Crippen molar-refractivity contribution in [3.05, 3.63) is 35.4 Å². The molecule has 1 aliphatic rings. The van der Waals surface area contributed by atoms with Crippen molar-refractivity contribution in [2.75, 3.05) is 19.6 Å². The minimum atomic E-state index is -0.0638. The van der Waals surface area contributed by atoms with E-state index in [2.05, 4.69) is 17.1 Å². The zero-order chi connectivity index (χ0) is 14.5. The number of rotatable bonds is 5. The van der Waals surface area contributed by atoms with E-state index in [0.717, 1.165) is 25.1 Å². The van der Waals surface area contributed by atoms with Crippen molar-refractivity contribution < 1.29 is 4.79 Å². The first-order chi connectivity index (χ1) is 9.61. The smallest absolute Gasteiger partial charge is 0.251 e. The van der Waals surface area contributed by atoms with E-state index in [1.165, 1.54) is 6.42 Å². The Morgan fingerprint density at radius 2 is 2.25 bits per heavy atom. The maximum absolute atomic E-state index is 12.2. The Kier molecular flexibility index (Phi) is 5.09. The van der Waals surface area contributed by atoms with E-state index >= 15 is 0 Å². The van der Waals surface area contributed by atoms with Gasteiger partial charge in [-0.25, -0.2) is 0 Å². The molecule has 1 heterocycles. The standard InChI is InChI=1S/C15H21N3OS/c1-2-18-8-4-7-13(18)10-17-15(19)12-6-3-5-11(9-12)14(16)20/h3,5-6,9,13H,2,4,7-8,10H2,1H3,(H2,16,20)(H,17,19). The van der Waals surface area contributed by atoms with Crippen LogP contribution < -0.4 is 11.1 Å². The molecule has 5 heteroatoms. The van der Waals surface area contributed by atoms with Crippen molar-refractivity contribution in [1.29, 1.82) is 0 Å². The van der Waals surface area contributed by atoms with Gasteiger partial charge in [-0.3, -0.25) is 9.69 Å². The topological polar surface area (TPSA) is 58.4 Å². The van der Waals surface area contributed by atoms with Crippen LogP contribution in [0.25, 0.3) is 0 Å². The summed E-state index contributed by atoms with van der Waals surface area (Å²) in [6.45, 7) is 5.03. The first-order valence-electron chi connectivity index (χ1n) is 7.04. The van der Waals surface area contributed by atoms with Crippen molar-refractivity contribution in [1.82, 2.24) is 10.2 Å². The second-order valence-electron chi connectivity index (χ2n) is 5.08. The summed E-state index contributed by atoms with van der Waals surface area (Å²) in [5.41, 5.74) is 6.92. The average molecular weight is 291 g/mol. The molecule has 0 aliphatic carbocycles. The lowest BCUT2D eigenvalue weighted by Crippen LogP contribution is -2.40. The number of hydrogen-bond acceptors (Lipinski definition) is 3. The predicted octanol–water partition coefficient (Wildman–Crippen LogP) is 1.53. The van der Waals surface area contributed by atoms with Crippen LogP contribution in [-0.4, -0.2) is 41.5 Å². The first kappa shape index (κ1) is 14.9. The van der Waals surface area contributed by atoms with E-state index in [1.807, 2.05) is 6.07 Å². The number of nitrogens with two attached hydrogens (primary N) is 1. The van der Waals surface area contributed by atoms with Gasteiger partial charge < -0.3 is 11.1 Å². The molecule has 4 nitrogen and oxygen atoms in total. The molecule has 1 fully saturated rings. The molecule has 0 bridgehead atoms. The van der Waals surface area contributed by atoms with Crippen molar-refractivity contribution >= 4 is 23.1 Å². The van der Waals surface area contributed by atoms with Gasteiger partial charge in [0.25, 0.3) is 5.91 Å². The summed E-state index contributed by atoms with van der Waals surface area (Å²) in [6, 6.07) is 7.60. The quantitative estimate of drug-likeness (QED) is 0.808. The third-order valence-electron chi connectivity index (χ3n) is 3.81. The number of carbonyl (C=O) groups excluding carboxylic acids is 1. The third-order valence-corrected chi connectivity index (χ3v) is 4.05. The van der Waals surface area contributed by atoms with Gasteiger partial charge in [-0.2, -0.15) is 0 Å². The van der Waals surface area contributed by atoms with E-state index < -0.39 is 0 Å². The van der Waals surface area contributed by atoms with Crippen LogP contribution in [-0.2, 0) is 0 Å². The lowest BCUT2D eigenvalue weighted by Gasteiger charge is -2.22. The van der Waals surface area contributed by atoms with Gasteiger partial charge in [0.15, 0.2) is 0 Å². The summed E-state index contributed by atoms with van der Waals surface area (Å²) in [5.74, 6) is -0.0638. The normalized spacial score (nSPS) is 18.9. The molecule has 0 radical (unpaired) electrons. The number of nitrogens with zero attached hydrogens (tertiary/aromatic N) is 1. The summed E-state index contributed by atoms with van der Waals surface area (Å²) in [5, 5.41) is 3.01. The van der Waals surface area contributed by atoms with E-state index in [4.69, 9.17) is 18.0 Å². The van der Waals surface area contributed by atoms with E-state index in [1.54, 1.807) is 18.2 Å². The molecule has 1 saturated heterocycles. The van der Waals surface area contributed by atoms with Crippen LogP contribution in [0.4, 0.5) is 0 Å². The molecule has 20 heavy (non-hydrogen) atoms. The van der Waals surface area contributed by atoms with E-state index in [9.17, 15) is 4.79 Å². The van der Waals surface area contributed by atoms with Crippen LogP contribution in [0.3, 0.4) is 0 Å². The van der Waals surface area contributed by atoms with Crippen LogP contribution in [0.5, 0.6) is 0 Å². The monoisotopic (exact) mass is 291 g/mol. The molecule has 1 amide bonds. The Bertz CT molecular complexity index is 504. The highest BCUT2D eigenvalue weighted by molar-refractivity contribution is 7.80. The molecular formula is C15H21N3OS. The lowest BCUT2D eigenvalue weighted by molar-refractivity contribution is 0.0941. The van der Waals surface area contributed by atoms with Gasteiger partial charge in [-0.15, -0.1) is 0 Å². The fraction of sp³-hybridized carbons (Fsp3) is 0.467. The maximum atomic E-state index is 12.2. The summed E-state index contributed by atoms with van der Waals surface area (Å²) < 4.78 is 0. The van der Waals surface area contributed by atoms with Crippen LogP contribution in [0.1, 0.15) is 35.7 Å². The fourth-order valence-electron chi connectivity index (χ4n) is 2.67. The van der Waals surface area contributed by atoms with Crippen LogP contribution in [0.15, 0.2) is 24.3 Å². The fourth-order valence-corrected chi connectivity index (χ4v) is 2.80. The molecular weight excluding hydrogens is 270 g/mol. The molecule has 1 aliphatic heterocycles. The van der Waals surface area contributed by atoms with Crippen molar-refractivity contribution in [2.24, 2.45) is 5.73 Å². The number of hydrogen-bond donors (Lipinski definition) is 2. The van der Waals surface area contributed by atoms with E-state index in [-0.39, 0.29) is 5.91 Å². The average Bonchev–Trinajstić information content (AvgIpc) is 2.92. The lowest BCUT2D eigenvalue weighted by atomic mass is 10.1. The van der Waals surface area contributed by atoms with E-state index in [0.29, 0.717) is 23.1 Å². The van der Waals surface area contributed by atoms with Gasteiger partial charge in [-0.1, -0.05) is 31.3 Å². The Hall–Kier alpha value is -1.46. The van der Waals surface area contributed by atoms with Gasteiger partial charge >= 0.3 is 0 Å². The number of nitrogens with one attached hydrogen (secondary N) is 1. The number of likely N-dealkylation sites (N-methyl/N-ethyl adjacent to an activating group) is 1. The third kappa shape index (κ3) is 3.55. The Balaban J connectivity index is 1.95. The number of likely N-dealkylation sites (tertiary alicyclic amines) is 1. The van der Waals surface area contributed by atoms with Crippen LogP contribution in [0.2, 0.25) is 0 Å². The minimum absolute atomic E-state index is 0.0638. The zero-order valence-corrected chi connectivity index (χ0v) is 12.6. The van der Waals surface area contributed by atoms with Crippen molar-refractivity contribution in [2.45, 2.75) is 25.8 Å². The molecule has 1 aromatic carbocycles. The Morgan fingerprint density at radius 3 is 2.95 bits per heavy atom. The maximum Gasteiger partial charge on any atom is 0.251 e. The van der Waals surface area contributed by atoms with Crippen LogP contribution >= 0.6 is 12.2 Å². The second-order valence-corrected chi connectivity index (χ2v) is 5.52. The number of thiocarbonyl (C=S) groups is 1. The van der Waals surface area contributed by atoms with Gasteiger partial charge in [0.05, 0.1) is 0 Å². The number of benzene rings is 1. The highest BCUT2D eigenvalue weighted by Crippen LogP contribution is 2.15. The number of amides is 1. The highest BCUT2D eigenvalue weighted by atomic mass is 32.1. The SMILES string of the molecule is CCN1CCCC1CNC(=O)c1cccc(C(N)=S)c1.